The highest BCUT2D eigenvalue weighted by Crippen LogP contribution is 2.44. The molecular weight excluding hydrogens is 562 g/mol. The summed E-state index contributed by atoms with van der Waals surface area (Å²) in [6.45, 7) is 4.15. The van der Waals surface area contributed by atoms with E-state index in [0.29, 0.717) is 12.2 Å². The molecule has 8 nitrogen and oxygen atoms in total. The minimum atomic E-state index is -4.83. The summed E-state index contributed by atoms with van der Waals surface area (Å²) < 4.78 is 87.3. The second-order valence-corrected chi connectivity index (χ2v) is 11.3. The number of hydrogen-bond acceptors (Lipinski definition) is 7. The molecule has 2 heterocycles. The average molecular weight is 598 g/mol. The predicted molar refractivity (Wildman–Crippen MR) is 141 cm³/mol. The van der Waals surface area contributed by atoms with Crippen molar-refractivity contribution in [2.75, 3.05) is 13.2 Å². The summed E-state index contributed by atoms with van der Waals surface area (Å²) >= 11 is 0. The first-order chi connectivity index (χ1) is 19.9. The lowest BCUT2D eigenvalue weighted by Gasteiger charge is -2.43. The van der Waals surface area contributed by atoms with Crippen LogP contribution in [-0.2, 0) is 41.7 Å². The van der Waals surface area contributed by atoms with Crippen molar-refractivity contribution in [3.8, 4) is 5.75 Å². The zero-order valence-corrected chi connectivity index (χ0v) is 23.5. The van der Waals surface area contributed by atoms with E-state index < -0.39 is 47.8 Å². The summed E-state index contributed by atoms with van der Waals surface area (Å²) in [5, 5.41) is 2.95. The first kappa shape index (κ1) is 30.7. The molecule has 1 aliphatic carbocycles. The van der Waals surface area contributed by atoms with Crippen LogP contribution in [0.5, 0.6) is 5.75 Å². The second-order valence-electron chi connectivity index (χ2n) is 11.3. The van der Waals surface area contributed by atoms with Gasteiger partial charge in [0.25, 0.3) is 5.91 Å². The number of carbonyl (C=O) groups is 1. The van der Waals surface area contributed by atoms with Gasteiger partial charge in [0.1, 0.15) is 17.7 Å². The lowest BCUT2D eigenvalue weighted by molar-refractivity contribution is -0.274. The van der Waals surface area contributed by atoms with Crippen LogP contribution >= 0.6 is 0 Å². The molecule has 2 aromatic rings. The molecule has 0 radical (unpaired) electrons. The number of halogens is 4. The Morgan fingerprint density at radius 2 is 1.88 bits per heavy atom. The van der Waals surface area contributed by atoms with Crippen molar-refractivity contribution in [2.45, 2.75) is 94.9 Å². The molecule has 0 aromatic heterocycles. The van der Waals surface area contributed by atoms with Crippen LogP contribution in [0.15, 0.2) is 48.5 Å². The van der Waals surface area contributed by atoms with Gasteiger partial charge in [-0.25, -0.2) is 4.39 Å². The number of nitrogens with one attached hydrogen (secondary N) is 1. The maximum atomic E-state index is 14.5. The van der Waals surface area contributed by atoms with Crippen molar-refractivity contribution in [3.05, 3.63) is 65.5 Å². The molecule has 2 aliphatic heterocycles. The fraction of sp³-hybridized carbons (Fsp3) is 0.567. The number of alkyl halides is 3. The quantitative estimate of drug-likeness (QED) is 0.378. The number of amides is 1. The van der Waals surface area contributed by atoms with Crippen LogP contribution in [0.3, 0.4) is 0 Å². The SMILES string of the molecule is CC1(C)O[C@H]2[C@@H](OCc3cccc(OC(F)(F)F)c3)C[C@](OCc3ccccc3F)(C(=O)NC[C@@H]3CCCO3)C[C@H]2O1. The van der Waals surface area contributed by atoms with Crippen LogP contribution in [-0.4, -0.2) is 61.2 Å². The van der Waals surface area contributed by atoms with Crippen molar-refractivity contribution in [3.63, 3.8) is 0 Å². The summed E-state index contributed by atoms with van der Waals surface area (Å²) in [6, 6.07) is 11.6. The molecule has 5 atom stereocenters. The van der Waals surface area contributed by atoms with Gasteiger partial charge in [0.15, 0.2) is 11.4 Å². The topological polar surface area (TPSA) is 84.5 Å². The van der Waals surface area contributed by atoms with Crippen molar-refractivity contribution in [1.29, 1.82) is 0 Å². The number of hydrogen-bond donors (Lipinski definition) is 1. The number of ether oxygens (including phenoxy) is 6. The summed E-state index contributed by atoms with van der Waals surface area (Å²) in [4.78, 5) is 13.9. The molecule has 3 fully saturated rings. The molecule has 0 spiro atoms. The van der Waals surface area contributed by atoms with E-state index in [0.717, 1.165) is 12.8 Å². The van der Waals surface area contributed by atoms with Crippen LogP contribution in [0, 0.1) is 5.82 Å². The molecule has 3 aliphatic rings. The largest absolute Gasteiger partial charge is 0.573 e. The first-order valence-corrected chi connectivity index (χ1v) is 14.0. The summed E-state index contributed by atoms with van der Waals surface area (Å²) in [5.41, 5.74) is -0.760. The zero-order chi connectivity index (χ0) is 30.0. The standard InChI is InChI=1S/C30H35F4NO7/c1-28(2)41-25-15-29(27(36)35-16-22-10-6-12-37-22,39-18-20-8-3-4-11-23(20)31)14-24(26(25)42-28)38-17-19-7-5-9-21(13-19)40-30(32,33)34/h3-5,7-9,11,13,22,24-26H,6,10,12,14-18H2,1-2H3,(H,35,36)/t22-,24-,25+,26-,29+/m0/s1. The molecule has 42 heavy (non-hydrogen) atoms. The van der Waals surface area contributed by atoms with Gasteiger partial charge in [-0.05, 0) is 50.5 Å². The fourth-order valence-corrected chi connectivity index (χ4v) is 5.75. The molecule has 2 aromatic carbocycles. The van der Waals surface area contributed by atoms with Gasteiger partial charge in [0, 0.05) is 31.6 Å². The lowest BCUT2D eigenvalue weighted by atomic mass is 9.78. The highest BCUT2D eigenvalue weighted by atomic mass is 19.4. The normalized spacial score (nSPS) is 28.8. The second kappa shape index (κ2) is 12.5. The lowest BCUT2D eigenvalue weighted by Crippen LogP contribution is -2.60. The van der Waals surface area contributed by atoms with Gasteiger partial charge in [-0.1, -0.05) is 30.3 Å². The van der Waals surface area contributed by atoms with Gasteiger partial charge in [0.2, 0.25) is 0 Å². The molecule has 0 unspecified atom stereocenters. The van der Waals surface area contributed by atoms with Gasteiger partial charge in [-0.2, -0.15) is 0 Å². The molecule has 1 N–H and O–H groups in total. The Bertz CT molecular complexity index is 1240. The Balaban J connectivity index is 1.38. The van der Waals surface area contributed by atoms with E-state index in [4.69, 9.17) is 23.7 Å². The zero-order valence-electron chi connectivity index (χ0n) is 23.5. The van der Waals surface area contributed by atoms with E-state index in [-0.39, 0.29) is 50.0 Å². The van der Waals surface area contributed by atoms with E-state index in [1.54, 1.807) is 38.1 Å². The summed E-state index contributed by atoms with van der Waals surface area (Å²) in [6.07, 6.45) is -4.97. The molecule has 1 saturated carbocycles. The third-order valence-corrected chi connectivity index (χ3v) is 7.64. The van der Waals surface area contributed by atoms with E-state index in [2.05, 4.69) is 10.1 Å². The van der Waals surface area contributed by atoms with Gasteiger partial charge in [0.05, 0.1) is 31.5 Å². The highest BCUT2D eigenvalue weighted by Gasteiger charge is 2.58. The Morgan fingerprint density at radius 3 is 2.62 bits per heavy atom. The van der Waals surface area contributed by atoms with E-state index in [1.807, 2.05) is 0 Å². The van der Waals surface area contributed by atoms with Gasteiger partial charge in [-0.3, -0.25) is 4.79 Å². The van der Waals surface area contributed by atoms with Crippen molar-refractivity contribution < 1.29 is 50.8 Å². The van der Waals surface area contributed by atoms with Crippen LogP contribution in [0.2, 0.25) is 0 Å². The van der Waals surface area contributed by atoms with Crippen LogP contribution in [0.1, 0.15) is 50.7 Å². The van der Waals surface area contributed by atoms with E-state index in [9.17, 15) is 22.4 Å². The minimum Gasteiger partial charge on any atom is -0.406 e. The molecule has 230 valence electrons. The summed E-state index contributed by atoms with van der Waals surface area (Å²) in [7, 11) is 0. The molecule has 12 heteroatoms. The number of rotatable bonds is 10. The molecule has 5 rings (SSSR count). The monoisotopic (exact) mass is 597 g/mol. The Kier molecular flexibility index (Phi) is 9.10. The Hall–Kier alpha value is -2.77. The molecular formula is C30H35F4NO7. The average Bonchev–Trinajstić information content (AvgIpc) is 3.55. The van der Waals surface area contributed by atoms with Crippen LogP contribution in [0.4, 0.5) is 17.6 Å². The van der Waals surface area contributed by atoms with Crippen molar-refractivity contribution >= 4 is 5.91 Å². The predicted octanol–water partition coefficient (Wildman–Crippen LogP) is 5.17. The Labute approximate surface area is 241 Å². The molecule has 1 amide bonds. The van der Waals surface area contributed by atoms with Gasteiger partial charge >= 0.3 is 6.36 Å². The maximum absolute atomic E-state index is 14.5. The highest BCUT2D eigenvalue weighted by molar-refractivity contribution is 5.85. The van der Waals surface area contributed by atoms with Crippen LogP contribution < -0.4 is 10.1 Å². The number of benzene rings is 2. The van der Waals surface area contributed by atoms with E-state index >= 15 is 0 Å². The number of fused-ring (bicyclic) bond motifs is 1. The summed E-state index contributed by atoms with van der Waals surface area (Å²) in [5.74, 6) is -2.22. The van der Waals surface area contributed by atoms with Crippen molar-refractivity contribution in [1.82, 2.24) is 5.32 Å². The third kappa shape index (κ3) is 7.59. The van der Waals surface area contributed by atoms with Gasteiger partial charge < -0.3 is 33.7 Å². The van der Waals surface area contributed by atoms with Crippen LogP contribution in [0.25, 0.3) is 0 Å². The smallest absolute Gasteiger partial charge is 0.406 e. The van der Waals surface area contributed by atoms with Gasteiger partial charge in [-0.15, -0.1) is 13.2 Å². The fourth-order valence-electron chi connectivity index (χ4n) is 5.75. The minimum absolute atomic E-state index is 0.0398. The maximum Gasteiger partial charge on any atom is 0.573 e. The Morgan fingerprint density at radius 1 is 1.07 bits per heavy atom. The number of carbonyl (C=O) groups excluding carboxylic acids is 1. The van der Waals surface area contributed by atoms with E-state index in [1.165, 1.54) is 24.3 Å². The van der Waals surface area contributed by atoms with Crippen molar-refractivity contribution in [2.24, 2.45) is 0 Å². The molecule has 2 saturated heterocycles. The third-order valence-electron chi connectivity index (χ3n) is 7.64. The first-order valence-electron chi connectivity index (χ1n) is 14.0. The molecule has 0 bridgehead atoms.